The molecular formula is C22H23N3O3. The van der Waals surface area contributed by atoms with Crippen molar-refractivity contribution in [2.24, 2.45) is 11.8 Å². The monoisotopic (exact) mass is 377 g/mol. The Kier molecular flexibility index (Phi) is 6.28. The molecule has 0 spiro atoms. The molecule has 0 aliphatic heterocycles. The minimum absolute atomic E-state index is 0.0370. The smallest absolute Gasteiger partial charge is 0.227 e. The first-order valence-electron chi connectivity index (χ1n) is 9.35. The van der Waals surface area contributed by atoms with Crippen LogP contribution in [0.5, 0.6) is 5.75 Å². The number of amides is 2. The lowest BCUT2D eigenvalue weighted by molar-refractivity contribution is -0.125. The van der Waals surface area contributed by atoms with E-state index in [0.717, 1.165) is 0 Å². The SMILES string of the molecule is COc1ccccc1NC(=O)C1CCC(C(=O)Nc2cccc(C#N)c2)CC1. The van der Waals surface area contributed by atoms with E-state index in [4.69, 9.17) is 10.00 Å². The van der Waals surface area contributed by atoms with Gasteiger partial charge in [0.15, 0.2) is 0 Å². The average Bonchev–Trinajstić information content (AvgIpc) is 2.74. The molecule has 0 atom stereocenters. The van der Waals surface area contributed by atoms with Gasteiger partial charge in [0.2, 0.25) is 11.8 Å². The summed E-state index contributed by atoms with van der Waals surface area (Å²) in [6.45, 7) is 0. The molecule has 144 valence electrons. The first-order valence-corrected chi connectivity index (χ1v) is 9.35. The molecule has 28 heavy (non-hydrogen) atoms. The third-order valence-electron chi connectivity index (χ3n) is 5.09. The fraction of sp³-hybridized carbons (Fsp3) is 0.318. The summed E-state index contributed by atoms with van der Waals surface area (Å²) < 4.78 is 5.27. The number of ether oxygens (including phenoxy) is 1. The van der Waals surface area contributed by atoms with Gasteiger partial charge in [0, 0.05) is 17.5 Å². The lowest BCUT2D eigenvalue weighted by Crippen LogP contribution is -2.32. The van der Waals surface area contributed by atoms with Gasteiger partial charge in [-0.15, -0.1) is 0 Å². The van der Waals surface area contributed by atoms with Gasteiger partial charge in [0.05, 0.1) is 24.4 Å². The standard InChI is InChI=1S/C22H23N3O3/c1-28-20-8-3-2-7-19(20)25-22(27)17-11-9-16(10-12-17)21(26)24-18-6-4-5-15(13-18)14-23/h2-8,13,16-17H,9-12H2,1H3,(H,24,26)(H,25,27). The molecule has 0 aromatic heterocycles. The predicted octanol–water partition coefficient (Wildman–Crippen LogP) is 3.95. The van der Waals surface area contributed by atoms with E-state index in [-0.39, 0.29) is 23.7 Å². The molecule has 0 unspecified atom stereocenters. The average molecular weight is 377 g/mol. The van der Waals surface area contributed by atoms with Crippen LogP contribution in [0.2, 0.25) is 0 Å². The quantitative estimate of drug-likeness (QED) is 0.825. The maximum atomic E-state index is 12.6. The maximum Gasteiger partial charge on any atom is 0.227 e. The van der Waals surface area contributed by atoms with Gasteiger partial charge in [-0.3, -0.25) is 9.59 Å². The summed E-state index contributed by atoms with van der Waals surface area (Å²) in [7, 11) is 1.57. The molecule has 1 saturated carbocycles. The summed E-state index contributed by atoms with van der Waals surface area (Å²) in [5, 5.41) is 14.8. The van der Waals surface area contributed by atoms with Gasteiger partial charge in [0.25, 0.3) is 0 Å². The van der Waals surface area contributed by atoms with Crippen molar-refractivity contribution < 1.29 is 14.3 Å². The Morgan fingerprint density at radius 3 is 2.25 bits per heavy atom. The van der Waals surface area contributed by atoms with Gasteiger partial charge in [-0.1, -0.05) is 18.2 Å². The first-order chi connectivity index (χ1) is 13.6. The molecule has 6 heteroatoms. The van der Waals surface area contributed by atoms with Gasteiger partial charge in [0.1, 0.15) is 5.75 Å². The normalized spacial score (nSPS) is 18.6. The van der Waals surface area contributed by atoms with Gasteiger partial charge < -0.3 is 15.4 Å². The minimum atomic E-state index is -0.124. The summed E-state index contributed by atoms with van der Waals surface area (Å²) in [6.07, 6.45) is 2.65. The van der Waals surface area contributed by atoms with Crippen LogP contribution in [-0.4, -0.2) is 18.9 Å². The molecule has 0 saturated heterocycles. The molecule has 3 rings (SSSR count). The zero-order valence-corrected chi connectivity index (χ0v) is 15.8. The molecule has 0 radical (unpaired) electrons. The summed E-state index contributed by atoms with van der Waals surface area (Å²) in [6, 6.07) is 16.2. The number of carbonyl (C=O) groups excluding carboxylic acids is 2. The minimum Gasteiger partial charge on any atom is -0.495 e. The third-order valence-corrected chi connectivity index (χ3v) is 5.09. The number of methoxy groups -OCH3 is 1. The predicted molar refractivity (Wildman–Crippen MR) is 107 cm³/mol. The van der Waals surface area contributed by atoms with E-state index < -0.39 is 0 Å². The highest BCUT2D eigenvalue weighted by Gasteiger charge is 2.30. The van der Waals surface area contributed by atoms with E-state index in [9.17, 15) is 9.59 Å². The number of carbonyl (C=O) groups is 2. The fourth-order valence-corrected chi connectivity index (χ4v) is 3.51. The van der Waals surface area contributed by atoms with Crippen LogP contribution in [-0.2, 0) is 9.59 Å². The topological polar surface area (TPSA) is 91.2 Å². The lowest BCUT2D eigenvalue weighted by atomic mass is 9.81. The number of anilines is 2. The van der Waals surface area contributed by atoms with Crippen LogP contribution in [0.15, 0.2) is 48.5 Å². The van der Waals surface area contributed by atoms with Crippen molar-refractivity contribution in [1.29, 1.82) is 5.26 Å². The number of nitriles is 1. The number of benzene rings is 2. The number of hydrogen-bond acceptors (Lipinski definition) is 4. The van der Waals surface area contributed by atoms with Crippen molar-refractivity contribution in [3.63, 3.8) is 0 Å². The first kappa shape index (κ1) is 19.4. The Hall–Kier alpha value is -3.33. The van der Waals surface area contributed by atoms with Crippen molar-refractivity contribution in [2.75, 3.05) is 17.7 Å². The van der Waals surface area contributed by atoms with Crippen LogP contribution >= 0.6 is 0 Å². The zero-order chi connectivity index (χ0) is 19.9. The molecule has 1 aliphatic rings. The number of nitrogens with one attached hydrogen (secondary N) is 2. The highest BCUT2D eigenvalue weighted by molar-refractivity contribution is 5.95. The Labute approximate surface area is 164 Å². The van der Waals surface area contributed by atoms with Crippen molar-refractivity contribution in [3.05, 3.63) is 54.1 Å². The molecule has 1 aliphatic carbocycles. The number of nitrogens with zero attached hydrogens (tertiary/aromatic N) is 1. The number of para-hydroxylation sites is 2. The van der Waals surface area contributed by atoms with Gasteiger partial charge in [-0.25, -0.2) is 0 Å². The van der Waals surface area contributed by atoms with Gasteiger partial charge in [-0.05, 0) is 56.0 Å². The highest BCUT2D eigenvalue weighted by atomic mass is 16.5. The number of rotatable bonds is 5. The van der Waals surface area contributed by atoms with Crippen molar-refractivity contribution in [3.8, 4) is 11.8 Å². The fourth-order valence-electron chi connectivity index (χ4n) is 3.51. The molecule has 0 bridgehead atoms. The van der Waals surface area contributed by atoms with Crippen LogP contribution in [0.25, 0.3) is 0 Å². The Morgan fingerprint density at radius 2 is 1.61 bits per heavy atom. The zero-order valence-electron chi connectivity index (χ0n) is 15.8. The Bertz CT molecular complexity index is 896. The van der Waals surface area contributed by atoms with Gasteiger partial charge >= 0.3 is 0 Å². The van der Waals surface area contributed by atoms with E-state index in [2.05, 4.69) is 16.7 Å². The summed E-state index contributed by atoms with van der Waals surface area (Å²) >= 11 is 0. The maximum absolute atomic E-state index is 12.6. The van der Waals surface area contributed by atoms with E-state index in [1.165, 1.54) is 0 Å². The molecule has 1 fully saturated rings. The van der Waals surface area contributed by atoms with E-state index in [1.54, 1.807) is 37.4 Å². The van der Waals surface area contributed by atoms with Crippen molar-refractivity contribution in [2.45, 2.75) is 25.7 Å². The largest absolute Gasteiger partial charge is 0.495 e. The molecule has 2 amide bonds. The Morgan fingerprint density at radius 1 is 0.964 bits per heavy atom. The van der Waals surface area contributed by atoms with E-state index >= 15 is 0 Å². The van der Waals surface area contributed by atoms with Crippen LogP contribution < -0.4 is 15.4 Å². The second-order valence-electron chi connectivity index (χ2n) is 6.92. The van der Waals surface area contributed by atoms with Gasteiger partial charge in [-0.2, -0.15) is 5.26 Å². The molecule has 2 N–H and O–H groups in total. The van der Waals surface area contributed by atoms with E-state index in [1.807, 2.05) is 18.2 Å². The van der Waals surface area contributed by atoms with E-state index in [0.29, 0.717) is 48.4 Å². The van der Waals surface area contributed by atoms with Crippen molar-refractivity contribution >= 4 is 23.2 Å². The van der Waals surface area contributed by atoms with Crippen LogP contribution in [0.3, 0.4) is 0 Å². The lowest BCUT2D eigenvalue weighted by Gasteiger charge is -2.27. The molecule has 2 aromatic carbocycles. The van der Waals surface area contributed by atoms with Crippen molar-refractivity contribution in [1.82, 2.24) is 0 Å². The summed E-state index contributed by atoms with van der Waals surface area (Å²) in [4.78, 5) is 25.1. The summed E-state index contributed by atoms with van der Waals surface area (Å²) in [5.41, 5.74) is 1.79. The third kappa shape index (κ3) is 4.68. The molecule has 6 nitrogen and oxygen atoms in total. The number of hydrogen-bond donors (Lipinski definition) is 2. The summed E-state index contributed by atoms with van der Waals surface area (Å²) in [5.74, 6) is 0.296. The second kappa shape index (κ2) is 9.05. The Balaban J connectivity index is 1.53. The van der Waals surface area contributed by atoms with Crippen LogP contribution in [0.1, 0.15) is 31.2 Å². The van der Waals surface area contributed by atoms with Crippen LogP contribution in [0, 0.1) is 23.2 Å². The molecule has 2 aromatic rings. The second-order valence-corrected chi connectivity index (χ2v) is 6.92. The molecule has 0 heterocycles. The molecular weight excluding hydrogens is 354 g/mol. The highest BCUT2D eigenvalue weighted by Crippen LogP contribution is 2.32. The van der Waals surface area contributed by atoms with Crippen LogP contribution in [0.4, 0.5) is 11.4 Å².